The summed E-state index contributed by atoms with van der Waals surface area (Å²) < 4.78 is 5.19. The minimum Gasteiger partial charge on any atom is -0.496 e. The molecule has 0 bridgehead atoms. The third-order valence-electron chi connectivity index (χ3n) is 2.87. The van der Waals surface area contributed by atoms with Crippen LogP contribution in [0.15, 0.2) is 18.2 Å². The highest BCUT2D eigenvalue weighted by Crippen LogP contribution is 2.29. The summed E-state index contributed by atoms with van der Waals surface area (Å²) in [5.41, 5.74) is 4.89. The first-order chi connectivity index (χ1) is 8.17. The number of nitrogens with zero attached hydrogens (tertiary/aromatic N) is 1. The first-order valence-corrected chi connectivity index (χ1v) is 5.47. The highest BCUT2D eigenvalue weighted by Gasteiger charge is 2.11. The molecule has 90 valence electrons. The van der Waals surface area contributed by atoms with E-state index < -0.39 is 0 Å². The van der Waals surface area contributed by atoms with E-state index >= 15 is 0 Å². The number of methoxy groups -OCH3 is 1. The Morgan fingerprint density at radius 3 is 2.65 bits per heavy atom. The lowest BCUT2D eigenvalue weighted by molar-refractivity contribution is 0.274. The molecule has 1 aromatic carbocycles. The van der Waals surface area contributed by atoms with Gasteiger partial charge >= 0.3 is 0 Å². The molecule has 1 heterocycles. The normalized spacial score (nSPS) is 10.6. The number of aromatic nitrogens is 2. The fourth-order valence-electron chi connectivity index (χ4n) is 2.03. The number of benzene rings is 1. The molecule has 0 fully saturated rings. The van der Waals surface area contributed by atoms with E-state index in [4.69, 9.17) is 4.74 Å². The molecule has 0 saturated carbocycles. The van der Waals surface area contributed by atoms with Gasteiger partial charge in [-0.3, -0.25) is 5.10 Å². The highest BCUT2D eigenvalue weighted by molar-refractivity contribution is 5.69. The molecule has 0 aliphatic heterocycles. The van der Waals surface area contributed by atoms with Crippen LogP contribution in [0, 0.1) is 13.8 Å². The molecular weight excluding hydrogens is 216 g/mol. The molecule has 2 N–H and O–H groups in total. The van der Waals surface area contributed by atoms with Gasteiger partial charge in [0.25, 0.3) is 0 Å². The van der Waals surface area contributed by atoms with Gasteiger partial charge in [0.1, 0.15) is 5.75 Å². The standard InChI is InChI=1S/C13H16N2O2/c1-8-13(9(2)15-14-8)10-4-5-12(17-3)11(6-10)7-16/h4-6,16H,7H2,1-3H3,(H,14,15). The second-order valence-corrected chi connectivity index (χ2v) is 3.99. The van der Waals surface area contributed by atoms with Crippen molar-refractivity contribution in [2.75, 3.05) is 7.11 Å². The smallest absolute Gasteiger partial charge is 0.124 e. The average Bonchev–Trinajstić information content (AvgIpc) is 2.68. The van der Waals surface area contributed by atoms with Crippen LogP contribution in [0.3, 0.4) is 0 Å². The first-order valence-electron chi connectivity index (χ1n) is 5.47. The van der Waals surface area contributed by atoms with Crippen LogP contribution in [0.5, 0.6) is 5.75 Å². The van der Waals surface area contributed by atoms with Crippen molar-refractivity contribution in [2.24, 2.45) is 0 Å². The molecule has 0 unspecified atom stereocenters. The van der Waals surface area contributed by atoms with Crippen molar-refractivity contribution in [3.8, 4) is 16.9 Å². The maximum atomic E-state index is 9.31. The number of aryl methyl sites for hydroxylation is 2. The van der Waals surface area contributed by atoms with Crippen LogP contribution in [0.1, 0.15) is 17.0 Å². The van der Waals surface area contributed by atoms with Crippen molar-refractivity contribution >= 4 is 0 Å². The van der Waals surface area contributed by atoms with Crippen LogP contribution in [-0.4, -0.2) is 22.4 Å². The third-order valence-corrected chi connectivity index (χ3v) is 2.87. The van der Waals surface area contributed by atoms with Crippen LogP contribution in [0.4, 0.5) is 0 Å². The zero-order valence-corrected chi connectivity index (χ0v) is 10.2. The Bertz CT molecular complexity index is 513. The number of rotatable bonds is 3. The van der Waals surface area contributed by atoms with E-state index in [0.29, 0.717) is 5.75 Å². The van der Waals surface area contributed by atoms with Gasteiger partial charge in [0, 0.05) is 16.8 Å². The Morgan fingerprint density at radius 2 is 2.12 bits per heavy atom. The average molecular weight is 232 g/mol. The number of hydrogen-bond donors (Lipinski definition) is 2. The lowest BCUT2D eigenvalue weighted by Gasteiger charge is -2.09. The lowest BCUT2D eigenvalue weighted by atomic mass is 10.0. The number of hydrogen-bond acceptors (Lipinski definition) is 3. The number of ether oxygens (including phenoxy) is 1. The summed E-state index contributed by atoms with van der Waals surface area (Å²) in [4.78, 5) is 0. The number of aliphatic hydroxyl groups excluding tert-OH is 1. The van der Waals surface area contributed by atoms with Gasteiger partial charge in [-0.15, -0.1) is 0 Å². The van der Waals surface area contributed by atoms with Crippen molar-refractivity contribution in [1.82, 2.24) is 10.2 Å². The number of aliphatic hydroxyl groups is 1. The van der Waals surface area contributed by atoms with E-state index in [9.17, 15) is 5.11 Å². The molecule has 0 atom stereocenters. The molecule has 0 amide bonds. The van der Waals surface area contributed by atoms with Crippen LogP contribution in [0.2, 0.25) is 0 Å². The van der Waals surface area contributed by atoms with E-state index in [0.717, 1.165) is 28.1 Å². The van der Waals surface area contributed by atoms with Crippen LogP contribution in [0.25, 0.3) is 11.1 Å². The summed E-state index contributed by atoms with van der Waals surface area (Å²) >= 11 is 0. The molecule has 0 aliphatic carbocycles. The second-order valence-electron chi connectivity index (χ2n) is 3.99. The van der Waals surface area contributed by atoms with Crippen LogP contribution < -0.4 is 4.74 Å². The minimum atomic E-state index is -0.0348. The Morgan fingerprint density at radius 1 is 1.35 bits per heavy atom. The molecule has 4 nitrogen and oxygen atoms in total. The summed E-state index contributed by atoms with van der Waals surface area (Å²) in [5, 5.41) is 16.4. The fourth-order valence-corrected chi connectivity index (χ4v) is 2.03. The van der Waals surface area contributed by atoms with E-state index in [2.05, 4.69) is 10.2 Å². The van der Waals surface area contributed by atoms with Crippen LogP contribution in [-0.2, 0) is 6.61 Å². The zero-order chi connectivity index (χ0) is 12.4. The predicted octanol–water partition coefficient (Wildman–Crippen LogP) is 2.19. The quantitative estimate of drug-likeness (QED) is 0.852. The van der Waals surface area contributed by atoms with Gasteiger partial charge < -0.3 is 9.84 Å². The molecular formula is C13H16N2O2. The molecule has 0 radical (unpaired) electrons. The number of nitrogens with one attached hydrogen (secondary N) is 1. The molecule has 2 aromatic rings. The summed E-state index contributed by atoms with van der Waals surface area (Å²) in [7, 11) is 1.60. The van der Waals surface area contributed by atoms with Crippen LogP contribution >= 0.6 is 0 Å². The summed E-state index contributed by atoms with van der Waals surface area (Å²) in [6, 6.07) is 5.78. The monoisotopic (exact) mass is 232 g/mol. The van der Waals surface area contributed by atoms with Gasteiger partial charge in [-0.2, -0.15) is 5.10 Å². The van der Waals surface area contributed by atoms with Gasteiger partial charge in [0.15, 0.2) is 0 Å². The minimum absolute atomic E-state index is 0.0348. The highest BCUT2D eigenvalue weighted by atomic mass is 16.5. The first kappa shape index (κ1) is 11.7. The van der Waals surface area contributed by atoms with E-state index in [1.54, 1.807) is 7.11 Å². The van der Waals surface area contributed by atoms with E-state index in [1.807, 2.05) is 32.0 Å². The maximum Gasteiger partial charge on any atom is 0.124 e. The van der Waals surface area contributed by atoms with Gasteiger partial charge in [-0.1, -0.05) is 6.07 Å². The van der Waals surface area contributed by atoms with Crippen molar-refractivity contribution in [2.45, 2.75) is 20.5 Å². The Balaban J connectivity index is 2.54. The molecule has 2 rings (SSSR count). The SMILES string of the molecule is COc1ccc(-c2c(C)n[nH]c2C)cc1CO. The molecule has 1 aromatic heterocycles. The van der Waals surface area contributed by atoms with Gasteiger partial charge in [0.05, 0.1) is 19.4 Å². The van der Waals surface area contributed by atoms with Crippen molar-refractivity contribution in [1.29, 1.82) is 0 Å². The lowest BCUT2D eigenvalue weighted by Crippen LogP contribution is -1.93. The summed E-state index contributed by atoms with van der Waals surface area (Å²) in [6.07, 6.45) is 0. The molecule has 0 spiro atoms. The van der Waals surface area contributed by atoms with Crippen molar-refractivity contribution in [3.05, 3.63) is 35.2 Å². The van der Waals surface area contributed by atoms with E-state index in [1.165, 1.54) is 0 Å². The van der Waals surface area contributed by atoms with Gasteiger partial charge in [-0.05, 0) is 31.5 Å². The Hall–Kier alpha value is -1.81. The topological polar surface area (TPSA) is 58.1 Å². The van der Waals surface area contributed by atoms with Crippen molar-refractivity contribution < 1.29 is 9.84 Å². The summed E-state index contributed by atoms with van der Waals surface area (Å²) in [5.74, 6) is 0.704. The molecule has 0 saturated heterocycles. The van der Waals surface area contributed by atoms with Gasteiger partial charge in [-0.25, -0.2) is 0 Å². The Labute approximate surface area is 100 Å². The second kappa shape index (κ2) is 4.59. The predicted molar refractivity (Wildman–Crippen MR) is 66.0 cm³/mol. The summed E-state index contributed by atoms with van der Waals surface area (Å²) in [6.45, 7) is 3.91. The molecule has 4 heteroatoms. The van der Waals surface area contributed by atoms with Gasteiger partial charge in [0.2, 0.25) is 0 Å². The van der Waals surface area contributed by atoms with Crippen molar-refractivity contribution in [3.63, 3.8) is 0 Å². The third kappa shape index (κ3) is 2.03. The Kier molecular flexibility index (Phi) is 3.15. The maximum absolute atomic E-state index is 9.31. The molecule has 17 heavy (non-hydrogen) atoms. The largest absolute Gasteiger partial charge is 0.496 e. The van der Waals surface area contributed by atoms with E-state index in [-0.39, 0.29) is 6.61 Å². The number of aromatic amines is 1. The molecule has 0 aliphatic rings. The fraction of sp³-hybridized carbons (Fsp3) is 0.308. The number of H-pyrrole nitrogens is 1. The zero-order valence-electron chi connectivity index (χ0n) is 10.2.